The largest absolute Gasteiger partial charge is 0.426 e. The normalized spacial score (nSPS) is 10.1. The number of carbonyl (C=O) groups is 2. The summed E-state index contributed by atoms with van der Waals surface area (Å²) < 4.78 is 5.10. The van der Waals surface area contributed by atoms with Gasteiger partial charge in [0.1, 0.15) is 5.75 Å². The minimum atomic E-state index is -0.299. The van der Waals surface area contributed by atoms with Gasteiger partial charge in [-0.3, -0.25) is 9.59 Å². The average molecular weight is 289 g/mol. The molecule has 0 unspecified atom stereocenters. The Labute approximate surface area is 121 Å². The predicted molar refractivity (Wildman–Crippen MR) is 79.0 cm³/mol. The van der Waals surface area contributed by atoms with Crippen molar-refractivity contribution >= 4 is 28.9 Å². The van der Waals surface area contributed by atoms with E-state index in [2.05, 4.69) is 5.32 Å². The van der Waals surface area contributed by atoms with Crippen molar-refractivity contribution in [3.63, 3.8) is 0 Å². The fourth-order valence-corrected chi connectivity index (χ4v) is 2.32. The number of esters is 1. The second-order valence-corrected chi connectivity index (χ2v) is 5.19. The molecular weight excluding hydrogens is 274 g/mol. The molecule has 0 atom stereocenters. The van der Waals surface area contributed by atoms with Crippen LogP contribution >= 0.6 is 11.3 Å². The Morgan fingerprint density at radius 3 is 2.80 bits per heavy atom. The van der Waals surface area contributed by atoms with Gasteiger partial charge in [0.25, 0.3) is 0 Å². The summed E-state index contributed by atoms with van der Waals surface area (Å²) in [5, 5.41) is 4.73. The second-order valence-electron chi connectivity index (χ2n) is 4.16. The molecule has 4 nitrogen and oxygen atoms in total. The van der Waals surface area contributed by atoms with Crippen LogP contribution in [-0.4, -0.2) is 11.9 Å². The molecule has 1 amide bonds. The standard InChI is InChI=1S/C15H15NO3S/c1-2-15(18)19-12-6-3-5-11(9-12)16-14(17)10-13-7-4-8-20-13/h3-9H,2,10H2,1H3,(H,16,17). The molecule has 20 heavy (non-hydrogen) atoms. The van der Waals surface area contributed by atoms with E-state index in [1.807, 2.05) is 17.5 Å². The number of benzene rings is 1. The highest BCUT2D eigenvalue weighted by atomic mass is 32.1. The molecular formula is C15H15NO3S. The fraction of sp³-hybridized carbons (Fsp3) is 0.200. The number of carbonyl (C=O) groups excluding carboxylic acids is 2. The highest BCUT2D eigenvalue weighted by Crippen LogP contribution is 2.18. The molecule has 0 aliphatic heterocycles. The molecule has 1 N–H and O–H groups in total. The average Bonchev–Trinajstić information content (AvgIpc) is 2.91. The maximum atomic E-state index is 11.9. The molecule has 1 heterocycles. The zero-order chi connectivity index (χ0) is 14.4. The number of ether oxygens (including phenoxy) is 1. The monoisotopic (exact) mass is 289 g/mol. The van der Waals surface area contributed by atoms with Gasteiger partial charge in [-0.25, -0.2) is 0 Å². The summed E-state index contributed by atoms with van der Waals surface area (Å²) in [6.45, 7) is 1.73. The van der Waals surface area contributed by atoms with Crippen LogP contribution in [0.25, 0.3) is 0 Å². The molecule has 0 saturated heterocycles. The molecule has 0 aliphatic rings. The third kappa shape index (κ3) is 4.20. The minimum Gasteiger partial charge on any atom is -0.426 e. The Hall–Kier alpha value is -2.14. The van der Waals surface area contributed by atoms with Crippen LogP contribution in [0.1, 0.15) is 18.2 Å². The van der Waals surface area contributed by atoms with Crippen LogP contribution in [0.4, 0.5) is 5.69 Å². The van der Waals surface area contributed by atoms with Crippen molar-refractivity contribution in [2.24, 2.45) is 0 Å². The van der Waals surface area contributed by atoms with Gasteiger partial charge >= 0.3 is 5.97 Å². The van der Waals surface area contributed by atoms with Gasteiger partial charge in [0.05, 0.1) is 6.42 Å². The van der Waals surface area contributed by atoms with Crippen molar-refractivity contribution in [3.8, 4) is 5.75 Å². The smallest absolute Gasteiger partial charge is 0.310 e. The molecule has 1 aromatic heterocycles. The number of nitrogens with one attached hydrogen (secondary N) is 1. The summed E-state index contributed by atoms with van der Waals surface area (Å²) in [6, 6.07) is 10.7. The van der Waals surface area contributed by atoms with E-state index >= 15 is 0 Å². The van der Waals surface area contributed by atoms with Crippen molar-refractivity contribution in [2.75, 3.05) is 5.32 Å². The first-order chi connectivity index (χ1) is 9.67. The fourth-order valence-electron chi connectivity index (χ4n) is 1.62. The zero-order valence-electron chi connectivity index (χ0n) is 11.1. The van der Waals surface area contributed by atoms with Crippen LogP contribution in [0.2, 0.25) is 0 Å². The molecule has 0 radical (unpaired) electrons. The van der Waals surface area contributed by atoms with Gasteiger partial charge in [-0.1, -0.05) is 19.1 Å². The summed E-state index contributed by atoms with van der Waals surface area (Å²) >= 11 is 1.55. The van der Waals surface area contributed by atoms with Crippen molar-refractivity contribution in [1.82, 2.24) is 0 Å². The first kappa shape index (κ1) is 14.3. The Balaban J connectivity index is 1.97. The first-order valence-electron chi connectivity index (χ1n) is 6.30. The molecule has 0 bridgehead atoms. The Kier molecular flexibility index (Phi) is 4.90. The molecule has 1 aromatic carbocycles. The second kappa shape index (κ2) is 6.86. The lowest BCUT2D eigenvalue weighted by Gasteiger charge is -2.07. The molecule has 2 rings (SSSR count). The first-order valence-corrected chi connectivity index (χ1v) is 7.18. The van der Waals surface area contributed by atoms with Crippen molar-refractivity contribution < 1.29 is 14.3 Å². The van der Waals surface area contributed by atoms with Gasteiger partial charge in [-0.05, 0) is 23.6 Å². The maximum absolute atomic E-state index is 11.9. The van der Waals surface area contributed by atoms with Crippen LogP contribution in [-0.2, 0) is 16.0 Å². The number of rotatable bonds is 5. The van der Waals surface area contributed by atoms with Gasteiger partial charge in [0.2, 0.25) is 5.91 Å². The summed E-state index contributed by atoms with van der Waals surface area (Å²) in [5.41, 5.74) is 0.618. The topological polar surface area (TPSA) is 55.4 Å². The summed E-state index contributed by atoms with van der Waals surface area (Å²) in [5.74, 6) is 0.0456. The molecule has 104 valence electrons. The van der Waals surface area contributed by atoms with Crippen LogP contribution < -0.4 is 10.1 Å². The number of anilines is 1. The molecule has 0 fully saturated rings. The zero-order valence-corrected chi connectivity index (χ0v) is 11.9. The summed E-state index contributed by atoms with van der Waals surface area (Å²) in [4.78, 5) is 24.1. The van der Waals surface area contributed by atoms with Crippen LogP contribution in [0, 0.1) is 0 Å². The van der Waals surface area contributed by atoms with Crippen molar-refractivity contribution in [3.05, 3.63) is 46.7 Å². The third-order valence-corrected chi connectivity index (χ3v) is 3.43. The predicted octanol–water partition coefficient (Wildman–Crippen LogP) is 3.24. The molecule has 0 spiro atoms. The van der Waals surface area contributed by atoms with Gasteiger partial charge in [0, 0.05) is 23.1 Å². The van der Waals surface area contributed by atoms with E-state index in [0.717, 1.165) is 4.88 Å². The third-order valence-electron chi connectivity index (χ3n) is 2.55. The quantitative estimate of drug-likeness (QED) is 0.679. The molecule has 0 aliphatic carbocycles. The Morgan fingerprint density at radius 1 is 1.25 bits per heavy atom. The van der Waals surface area contributed by atoms with Gasteiger partial charge in [0.15, 0.2) is 0 Å². The van der Waals surface area contributed by atoms with Gasteiger partial charge in [-0.15, -0.1) is 11.3 Å². The van der Waals surface area contributed by atoms with E-state index in [1.54, 1.807) is 42.5 Å². The number of hydrogen-bond acceptors (Lipinski definition) is 4. The van der Waals surface area contributed by atoms with Crippen LogP contribution in [0.5, 0.6) is 5.75 Å². The summed E-state index contributed by atoms with van der Waals surface area (Å²) in [7, 11) is 0. The highest BCUT2D eigenvalue weighted by molar-refractivity contribution is 7.10. The lowest BCUT2D eigenvalue weighted by molar-refractivity contribution is -0.134. The van der Waals surface area contributed by atoms with E-state index in [9.17, 15) is 9.59 Å². The number of thiophene rings is 1. The minimum absolute atomic E-state index is 0.0913. The van der Waals surface area contributed by atoms with E-state index in [1.165, 1.54) is 0 Å². The maximum Gasteiger partial charge on any atom is 0.310 e. The van der Waals surface area contributed by atoms with E-state index in [0.29, 0.717) is 24.3 Å². The number of amides is 1. The summed E-state index contributed by atoms with van der Waals surface area (Å²) in [6.07, 6.45) is 0.658. The van der Waals surface area contributed by atoms with Crippen LogP contribution in [0.3, 0.4) is 0 Å². The van der Waals surface area contributed by atoms with Gasteiger partial charge in [-0.2, -0.15) is 0 Å². The van der Waals surface area contributed by atoms with E-state index in [-0.39, 0.29) is 11.9 Å². The van der Waals surface area contributed by atoms with Crippen LogP contribution in [0.15, 0.2) is 41.8 Å². The SMILES string of the molecule is CCC(=O)Oc1cccc(NC(=O)Cc2cccs2)c1. The molecule has 5 heteroatoms. The van der Waals surface area contributed by atoms with E-state index in [4.69, 9.17) is 4.74 Å². The molecule has 2 aromatic rings. The lowest BCUT2D eigenvalue weighted by atomic mass is 10.2. The Morgan fingerprint density at radius 2 is 2.10 bits per heavy atom. The van der Waals surface area contributed by atoms with Gasteiger partial charge < -0.3 is 10.1 Å². The highest BCUT2D eigenvalue weighted by Gasteiger charge is 2.07. The van der Waals surface area contributed by atoms with E-state index < -0.39 is 0 Å². The Bertz CT molecular complexity index is 593. The van der Waals surface area contributed by atoms with Crippen molar-refractivity contribution in [2.45, 2.75) is 19.8 Å². The van der Waals surface area contributed by atoms with Crippen molar-refractivity contribution in [1.29, 1.82) is 0 Å². The molecule has 0 saturated carbocycles. The number of hydrogen-bond donors (Lipinski definition) is 1. The lowest BCUT2D eigenvalue weighted by Crippen LogP contribution is -2.14.